The van der Waals surface area contributed by atoms with E-state index in [9.17, 15) is 14.0 Å². The predicted octanol–water partition coefficient (Wildman–Crippen LogP) is 3.67. The van der Waals surface area contributed by atoms with Crippen molar-refractivity contribution in [2.75, 3.05) is 5.32 Å². The number of fused-ring (bicyclic) bond motifs is 1. The Morgan fingerprint density at radius 2 is 1.87 bits per heavy atom. The number of aromatic nitrogens is 4. The summed E-state index contributed by atoms with van der Waals surface area (Å²) in [7, 11) is 0. The van der Waals surface area contributed by atoms with Gasteiger partial charge in [-0.05, 0) is 62.7 Å². The van der Waals surface area contributed by atoms with Gasteiger partial charge in [0.25, 0.3) is 5.91 Å². The summed E-state index contributed by atoms with van der Waals surface area (Å²) >= 11 is 0. The van der Waals surface area contributed by atoms with Crippen molar-refractivity contribution in [3.63, 3.8) is 0 Å². The molecular formula is C23H22FN5O2. The van der Waals surface area contributed by atoms with Crippen LogP contribution in [0.3, 0.4) is 0 Å². The second kappa shape index (κ2) is 8.14. The first-order valence-electron chi connectivity index (χ1n) is 9.97. The normalized spacial score (nSPS) is 11.1. The van der Waals surface area contributed by atoms with E-state index < -0.39 is 17.2 Å². The van der Waals surface area contributed by atoms with Crippen molar-refractivity contribution in [3.05, 3.63) is 87.2 Å². The van der Waals surface area contributed by atoms with E-state index in [0.29, 0.717) is 24.3 Å². The molecule has 2 aromatic heterocycles. The van der Waals surface area contributed by atoms with Crippen LogP contribution in [0.15, 0.2) is 53.3 Å². The lowest BCUT2D eigenvalue weighted by molar-refractivity contribution is 0.101. The van der Waals surface area contributed by atoms with Crippen molar-refractivity contribution >= 4 is 22.5 Å². The van der Waals surface area contributed by atoms with Crippen LogP contribution >= 0.6 is 0 Å². The van der Waals surface area contributed by atoms with E-state index >= 15 is 0 Å². The number of carbonyl (C=O) groups excluding carboxylic acids is 1. The molecule has 0 unspecified atom stereocenters. The molecule has 158 valence electrons. The van der Waals surface area contributed by atoms with E-state index in [-0.39, 0.29) is 11.1 Å². The first kappa shape index (κ1) is 20.5. The SMILES string of the molecule is CCn1nc(C(=O)Nc2cccc(Cn3nc(C)cc3C)c2)c(=O)c2cc(F)ccc21. The van der Waals surface area contributed by atoms with Crippen molar-refractivity contribution < 1.29 is 9.18 Å². The Morgan fingerprint density at radius 3 is 2.58 bits per heavy atom. The summed E-state index contributed by atoms with van der Waals surface area (Å²) < 4.78 is 17.1. The quantitative estimate of drug-likeness (QED) is 0.535. The molecule has 0 aliphatic carbocycles. The largest absolute Gasteiger partial charge is 0.320 e. The molecule has 8 heteroatoms. The first-order chi connectivity index (χ1) is 14.9. The van der Waals surface area contributed by atoms with Gasteiger partial charge in [0.2, 0.25) is 5.43 Å². The number of carbonyl (C=O) groups is 1. The lowest BCUT2D eigenvalue weighted by Crippen LogP contribution is -2.27. The van der Waals surface area contributed by atoms with E-state index in [1.807, 2.05) is 49.7 Å². The summed E-state index contributed by atoms with van der Waals surface area (Å²) in [4.78, 5) is 25.7. The zero-order chi connectivity index (χ0) is 22.1. The van der Waals surface area contributed by atoms with E-state index in [0.717, 1.165) is 23.0 Å². The highest BCUT2D eigenvalue weighted by molar-refractivity contribution is 6.04. The van der Waals surface area contributed by atoms with E-state index in [4.69, 9.17) is 0 Å². The standard InChI is InChI=1S/C23H22FN5O2/c1-4-28-20-9-8-17(24)12-19(20)22(30)21(27-28)23(31)25-18-7-5-6-16(11-18)13-29-15(3)10-14(2)26-29/h5-12H,4,13H2,1-3H3,(H,25,31). The van der Waals surface area contributed by atoms with Gasteiger partial charge in [0.1, 0.15) is 5.82 Å². The predicted molar refractivity (Wildman–Crippen MR) is 117 cm³/mol. The van der Waals surface area contributed by atoms with Crippen LogP contribution < -0.4 is 10.7 Å². The van der Waals surface area contributed by atoms with Gasteiger partial charge in [-0.15, -0.1) is 0 Å². The maximum absolute atomic E-state index is 13.7. The molecule has 0 bridgehead atoms. The molecule has 31 heavy (non-hydrogen) atoms. The number of benzene rings is 2. The third-order valence-corrected chi connectivity index (χ3v) is 5.05. The number of hydrogen-bond donors (Lipinski definition) is 1. The number of nitrogens with zero attached hydrogens (tertiary/aromatic N) is 4. The molecule has 0 atom stereocenters. The zero-order valence-electron chi connectivity index (χ0n) is 17.5. The van der Waals surface area contributed by atoms with Crippen molar-refractivity contribution in [3.8, 4) is 0 Å². The molecule has 2 heterocycles. The Balaban J connectivity index is 1.64. The lowest BCUT2D eigenvalue weighted by atomic mass is 10.1. The lowest BCUT2D eigenvalue weighted by Gasteiger charge is -2.11. The Labute approximate surface area is 178 Å². The van der Waals surface area contributed by atoms with E-state index in [1.54, 1.807) is 6.07 Å². The van der Waals surface area contributed by atoms with Crippen LogP contribution in [0.25, 0.3) is 10.9 Å². The molecule has 4 rings (SSSR count). The van der Waals surface area contributed by atoms with Crippen molar-refractivity contribution in [2.24, 2.45) is 0 Å². The number of halogens is 1. The van der Waals surface area contributed by atoms with Crippen LogP contribution in [-0.2, 0) is 13.1 Å². The summed E-state index contributed by atoms with van der Waals surface area (Å²) in [5.41, 5.74) is 3.07. The third-order valence-electron chi connectivity index (χ3n) is 5.05. The molecule has 7 nitrogen and oxygen atoms in total. The number of amides is 1. The van der Waals surface area contributed by atoms with Gasteiger partial charge < -0.3 is 5.32 Å². The number of rotatable bonds is 5. The molecule has 1 amide bonds. The zero-order valence-corrected chi connectivity index (χ0v) is 17.5. The van der Waals surface area contributed by atoms with Gasteiger partial charge >= 0.3 is 0 Å². The maximum atomic E-state index is 13.7. The second-order valence-electron chi connectivity index (χ2n) is 7.39. The summed E-state index contributed by atoms with van der Waals surface area (Å²) in [6, 6.07) is 13.2. The third kappa shape index (κ3) is 4.09. The second-order valence-corrected chi connectivity index (χ2v) is 7.39. The Hall–Kier alpha value is -3.81. The minimum Gasteiger partial charge on any atom is -0.320 e. The topological polar surface area (TPSA) is 81.8 Å². The molecule has 0 radical (unpaired) electrons. The summed E-state index contributed by atoms with van der Waals surface area (Å²) in [5, 5.41) is 11.5. The molecule has 2 aromatic carbocycles. The first-order valence-corrected chi connectivity index (χ1v) is 9.97. The highest BCUT2D eigenvalue weighted by Gasteiger charge is 2.18. The fourth-order valence-electron chi connectivity index (χ4n) is 3.60. The minimum atomic E-state index is -0.637. The van der Waals surface area contributed by atoms with Crippen LogP contribution in [0.4, 0.5) is 10.1 Å². The Bertz CT molecular complexity index is 1360. The van der Waals surface area contributed by atoms with Gasteiger partial charge in [0.05, 0.1) is 23.1 Å². The Kier molecular flexibility index (Phi) is 5.37. The van der Waals surface area contributed by atoms with Crippen LogP contribution in [-0.4, -0.2) is 25.5 Å². The van der Waals surface area contributed by atoms with Crippen LogP contribution in [0.2, 0.25) is 0 Å². The molecule has 0 spiro atoms. The number of nitrogens with one attached hydrogen (secondary N) is 1. The number of aryl methyl sites for hydroxylation is 3. The van der Waals surface area contributed by atoms with Crippen LogP contribution in [0.5, 0.6) is 0 Å². The Morgan fingerprint density at radius 1 is 1.06 bits per heavy atom. The molecular weight excluding hydrogens is 397 g/mol. The fraction of sp³-hybridized carbons (Fsp3) is 0.217. The van der Waals surface area contributed by atoms with Gasteiger partial charge in [-0.25, -0.2) is 4.39 Å². The summed E-state index contributed by atoms with van der Waals surface area (Å²) in [5.74, 6) is -1.18. The minimum absolute atomic E-state index is 0.125. The summed E-state index contributed by atoms with van der Waals surface area (Å²) in [6.45, 7) is 6.75. The van der Waals surface area contributed by atoms with E-state index in [1.165, 1.54) is 16.8 Å². The molecule has 0 fully saturated rings. The van der Waals surface area contributed by atoms with Gasteiger partial charge in [-0.3, -0.25) is 19.0 Å². The van der Waals surface area contributed by atoms with E-state index in [2.05, 4.69) is 15.5 Å². The van der Waals surface area contributed by atoms with Gasteiger partial charge in [-0.1, -0.05) is 12.1 Å². The summed E-state index contributed by atoms with van der Waals surface area (Å²) in [6.07, 6.45) is 0. The van der Waals surface area contributed by atoms with Crippen molar-refractivity contribution in [1.82, 2.24) is 19.6 Å². The molecule has 0 aliphatic heterocycles. The van der Waals surface area contributed by atoms with Crippen molar-refractivity contribution in [1.29, 1.82) is 0 Å². The smallest absolute Gasteiger partial charge is 0.280 e. The monoisotopic (exact) mass is 419 g/mol. The maximum Gasteiger partial charge on any atom is 0.280 e. The highest BCUT2D eigenvalue weighted by atomic mass is 19.1. The van der Waals surface area contributed by atoms with Gasteiger partial charge in [-0.2, -0.15) is 10.2 Å². The molecule has 4 aromatic rings. The number of anilines is 1. The van der Waals surface area contributed by atoms with Gasteiger partial charge in [0.15, 0.2) is 5.69 Å². The molecule has 0 aliphatic rings. The number of hydrogen-bond acceptors (Lipinski definition) is 4. The van der Waals surface area contributed by atoms with Gasteiger partial charge in [0, 0.05) is 17.9 Å². The molecule has 0 saturated carbocycles. The highest BCUT2D eigenvalue weighted by Crippen LogP contribution is 2.16. The average Bonchev–Trinajstić information content (AvgIpc) is 3.05. The average molecular weight is 419 g/mol. The molecule has 1 N–H and O–H groups in total. The van der Waals surface area contributed by atoms with Crippen LogP contribution in [0.1, 0.15) is 34.4 Å². The van der Waals surface area contributed by atoms with Crippen molar-refractivity contribution in [2.45, 2.75) is 33.9 Å². The van der Waals surface area contributed by atoms with Crippen LogP contribution in [0, 0.1) is 19.7 Å². The fourth-order valence-corrected chi connectivity index (χ4v) is 3.60. The molecule has 0 saturated heterocycles.